The Kier molecular flexibility index (Phi) is 3.05. The van der Waals surface area contributed by atoms with Gasteiger partial charge in [0.05, 0.1) is 12.6 Å². The van der Waals surface area contributed by atoms with Crippen LogP contribution in [0.3, 0.4) is 0 Å². The van der Waals surface area contributed by atoms with Crippen molar-refractivity contribution in [3.63, 3.8) is 0 Å². The molecule has 2 aliphatic rings. The SMILES string of the molecule is CC1(C(=O)N2OCC[C@H]2c2ccc(F)cc2)CCC1. The zero-order chi connectivity index (χ0) is 13.5. The van der Waals surface area contributed by atoms with E-state index in [1.807, 2.05) is 6.92 Å². The minimum Gasteiger partial charge on any atom is -0.272 e. The summed E-state index contributed by atoms with van der Waals surface area (Å²) in [6.07, 6.45) is 3.74. The molecule has 1 saturated carbocycles. The van der Waals surface area contributed by atoms with Gasteiger partial charge in [-0.05, 0) is 30.5 Å². The van der Waals surface area contributed by atoms with Crippen molar-refractivity contribution in [3.05, 3.63) is 35.6 Å². The molecule has 0 bridgehead atoms. The number of carbonyl (C=O) groups is 1. The lowest BCUT2D eigenvalue weighted by molar-refractivity contribution is -0.192. The maximum atomic E-state index is 13.0. The fourth-order valence-corrected chi connectivity index (χ4v) is 2.84. The van der Waals surface area contributed by atoms with Crippen LogP contribution in [0.2, 0.25) is 0 Å². The number of amides is 1. The van der Waals surface area contributed by atoms with Gasteiger partial charge in [-0.15, -0.1) is 0 Å². The van der Waals surface area contributed by atoms with E-state index in [-0.39, 0.29) is 23.2 Å². The third-order valence-electron chi connectivity index (χ3n) is 4.33. The molecule has 0 spiro atoms. The summed E-state index contributed by atoms with van der Waals surface area (Å²) in [6, 6.07) is 6.25. The maximum Gasteiger partial charge on any atom is 0.252 e. The second-order valence-electron chi connectivity index (χ2n) is 5.73. The number of hydroxylamine groups is 2. The van der Waals surface area contributed by atoms with Crippen molar-refractivity contribution >= 4 is 5.91 Å². The lowest BCUT2D eigenvalue weighted by Gasteiger charge is -2.40. The van der Waals surface area contributed by atoms with Crippen LogP contribution >= 0.6 is 0 Å². The van der Waals surface area contributed by atoms with Crippen molar-refractivity contribution in [2.75, 3.05) is 6.61 Å². The van der Waals surface area contributed by atoms with Crippen molar-refractivity contribution < 1.29 is 14.0 Å². The first kappa shape index (κ1) is 12.6. The van der Waals surface area contributed by atoms with E-state index in [1.165, 1.54) is 17.2 Å². The van der Waals surface area contributed by atoms with Gasteiger partial charge in [-0.25, -0.2) is 9.45 Å². The summed E-state index contributed by atoms with van der Waals surface area (Å²) in [7, 11) is 0. The van der Waals surface area contributed by atoms with E-state index >= 15 is 0 Å². The number of halogens is 1. The molecule has 1 aromatic rings. The summed E-state index contributed by atoms with van der Waals surface area (Å²) >= 11 is 0. The second kappa shape index (κ2) is 4.60. The lowest BCUT2D eigenvalue weighted by Crippen LogP contribution is -2.45. The third kappa shape index (κ3) is 2.14. The predicted octanol–water partition coefficient (Wildman–Crippen LogP) is 3.22. The van der Waals surface area contributed by atoms with Crippen molar-refractivity contribution in [2.45, 2.75) is 38.6 Å². The Morgan fingerprint density at radius 2 is 2.05 bits per heavy atom. The van der Waals surface area contributed by atoms with Gasteiger partial charge in [0.1, 0.15) is 5.82 Å². The van der Waals surface area contributed by atoms with Gasteiger partial charge in [-0.2, -0.15) is 0 Å². The highest BCUT2D eigenvalue weighted by atomic mass is 19.1. The van der Waals surface area contributed by atoms with E-state index in [9.17, 15) is 9.18 Å². The molecule has 0 N–H and O–H groups in total. The molecule has 3 rings (SSSR count). The molecular weight excluding hydrogens is 245 g/mol. The van der Waals surface area contributed by atoms with Crippen LogP contribution in [0, 0.1) is 11.2 Å². The molecule has 1 aromatic carbocycles. The first-order chi connectivity index (χ1) is 9.10. The van der Waals surface area contributed by atoms with Crippen molar-refractivity contribution in [1.29, 1.82) is 0 Å². The molecule has 2 fully saturated rings. The van der Waals surface area contributed by atoms with E-state index in [0.29, 0.717) is 6.61 Å². The van der Waals surface area contributed by atoms with Crippen LogP contribution in [-0.2, 0) is 9.63 Å². The minimum atomic E-state index is -0.261. The Morgan fingerprint density at radius 1 is 1.37 bits per heavy atom. The van der Waals surface area contributed by atoms with Gasteiger partial charge in [-0.3, -0.25) is 9.63 Å². The number of benzene rings is 1. The Labute approximate surface area is 112 Å². The average Bonchev–Trinajstić information content (AvgIpc) is 2.85. The first-order valence-corrected chi connectivity index (χ1v) is 6.82. The fourth-order valence-electron chi connectivity index (χ4n) is 2.84. The summed E-state index contributed by atoms with van der Waals surface area (Å²) in [5.74, 6) is -0.183. The number of hydrogen-bond donors (Lipinski definition) is 0. The smallest absolute Gasteiger partial charge is 0.252 e. The lowest BCUT2D eigenvalue weighted by atomic mass is 9.69. The van der Waals surface area contributed by atoms with Crippen molar-refractivity contribution in [3.8, 4) is 0 Å². The molecule has 19 heavy (non-hydrogen) atoms. The first-order valence-electron chi connectivity index (χ1n) is 6.82. The van der Waals surface area contributed by atoms with E-state index in [2.05, 4.69) is 0 Å². The molecule has 0 unspecified atom stereocenters. The van der Waals surface area contributed by atoms with E-state index in [0.717, 1.165) is 31.2 Å². The molecule has 1 amide bonds. The van der Waals surface area contributed by atoms with Crippen LogP contribution in [0.5, 0.6) is 0 Å². The van der Waals surface area contributed by atoms with E-state index < -0.39 is 0 Å². The van der Waals surface area contributed by atoms with Crippen LogP contribution in [-0.4, -0.2) is 17.6 Å². The third-order valence-corrected chi connectivity index (χ3v) is 4.33. The monoisotopic (exact) mass is 263 g/mol. The predicted molar refractivity (Wildman–Crippen MR) is 68.5 cm³/mol. The van der Waals surface area contributed by atoms with Gasteiger partial charge in [-0.1, -0.05) is 25.5 Å². The number of hydrogen-bond acceptors (Lipinski definition) is 2. The zero-order valence-corrected chi connectivity index (χ0v) is 11.1. The van der Waals surface area contributed by atoms with E-state index in [4.69, 9.17) is 4.84 Å². The Hall–Kier alpha value is -1.42. The fraction of sp³-hybridized carbons (Fsp3) is 0.533. The summed E-state index contributed by atoms with van der Waals surface area (Å²) in [4.78, 5) is 18.1. The summed E-state index contributed by atoms with van der Waals surface area (Å²) < 4.78 is 13.0. The molecule has 0 radical (unpaired) electrons. The molecular formula is C15H18FNO2. The number of nitrogens with zero attached hydrogens (tertiary/aromatic N) is 1. The van der Waals surface area contributed by atoms with Crippen LogP contribution in [0.15, 0.2) is 24.3 Å². The van der Waals surface area contributed by atoms with Gasteiger partial charge in [0.2, 0.25) is 0 Å². The normalized spacial score (nSPS) is 25.2. The Balaban J connectivity index is 1.81. The highest BCUT2D eigenvalue weighted by molar-refractivity contribution is 5.82. The second-order valence-corrected chi connectivity index (χ2v) is 5.73. The van der Waals surface area contributed by atoms with Gasteiger partial charge in [0.25, 0.3) is 5.91 Å². The standard InChI is InChI=1S/C15H18FNO2/c1-15(8-2-9-15)14(18)17-13(7-10-19-17)11-3-5-12(16)6-4-11/h3-6,13H,2,7-10H2,1H3/t13-/m0/s1. The average molecular weight is 263 g/mol. The van der Waals surface area contributed by atoms with Crippen LogP contribution in [0.1, 0.15) is 44.2 Å². The van der Waals surface area contributed by atoms with Crippen LogP contribution in [0.25, 0.3) is 0 Å². The van der Waals surface area contributed by atoms with Gasteiger partial charge in [0, 0.05) is 11.8 Å². The maximum absolute atomic E-state index is 13.0. The Bertz CT molecular complexity index is 481. The molecule has 1 aliphatic heterocycles. The zero-order valence-electron chi connectivity index (χ0n) is 11.1. The van der Waals surface area contributed by atoms with Crippen molar-refractivity contribution in [1.82, 2.24) is 5.06 Å². The molecule has 3 nitrogen and oxygen atoms in total. The summed E-state index contributed by atoms with van der Waals surface area (Å²) in [6.45, 7) is 2.55. The number of rotatable bonds is 2. The molecule has 1 aliphatic carbocycles. The molecule has 1 heterocycles. The minimum absolute atomic E-state index is 0.0746. The molecule has 4 heteroatoms. The molecule has 0 aromatic heterocycles. The van der Waals surface area contributed by atoms with Crippen LogP contribution in [0.4, 0.5) is 4.39 Å². The Morgan fingerprint density at radius 3 is 2.63 bits per heavy atom. The van der Waals surface area contributed by atoms with Gasteiger partial charge >= 0.3 is 0 Å². The topological polar surface area (TPSA) is 29.5 Å². The highest BCUT2D eigenvalue weighted by Crippen LogP contribution is 2.44. The van der Waals surface area contributed by atoms with Gasteiger partial charge < -0.3 is 0 Å². The van der Waals surface area contributed by atoms with Crippen LogP contribution < -0.4 is 0 Å². The summed E-state index contributed by atoms with van der Waals surface area (Å²) in [5.41, 5.74) is 0.679. The van der Waals surface area contributed by atoms with Crippen molar-refractivity contribution in [2.24, 2.45) is 5.41 Å². The van der Waals surface area contributed by atoms with Gasteiger partial charge in [0.15, 0.2) is 0 Å². The number of carbonyl (C=O) groups excluding carboxylic acids is 1. The summed E-state index contributed by atoms with van der Waals surface area (Å²) in [5, 5.41) is 1.52. The quantitative estimate of drug-likeness (QED) is 0.820. The molecule has 102 valence electrons. The molecule has 1 saturated heterocycles. The highest BCUT2D eigenvalue weighted by Gasteiger charge is 2.46. The van der Waals surface area contributed by atoms with E-state index in [1.54, 1.807) is 12.1 Å². The largest absolute Gasteiger partial charge is 0.272 e. The molecule has 1 atom stereocenters.